The summed E-state index contributed by atoms with van der Waals surface area (Å²) in [4.78, 5) is 24.3. The molecule has 0 saturated heterocycles. The Morgan fingerprint density at radius 2 is 1.86 bits per heavy atom. The number of ether oxygens (including phenoxy) is 1. The molecule has 6 heteroatoms. The van der Waals surface area contributed by atoms with E-state index in [0.717, 1.165) is 12.0 Å². The zero-order valence-electron chi connectivity index (χ0n) is 16.2. The number of esters is 1. The van der Waals surface area contributed by atoms with E-state index in [0.29, 0.717) is 0 Å². The van der Waals surface area contributed by atoms with Crippen LogP contribution in [0, 0.1) is 11.3 Å². The summed E-state index contributed by atoms with van der Waals surface area (Å²) in [7, 11) is 1.26. The Hall–Kier alpha value is -3.59. The number of carbonyl (C=O) groups is 2. The molecule has 0 bridgehead atoms. The van der Waals surface area contributed by atoms with Crippen LogP contribution in [0.2, 0.25) is 0 Å². The number of hydrogen-bond acceptors (Lipinski definition) is 5. The highest BCUT2D eigenvalue weighted by atomic mass is 16.5. The van der Waals surface area contributed by atoms with Gasteiger partial charge in [0, 0.05) is 12.2 Å². The maximum atomic E-state index is 12.4. The van der Waals surface area contributed by atoms with Crippen molar-refractivity contribution < 1.29 is 14.3 Å². The molecule has 0 aliphatic heterocycles. The molecule has 6 nitrogen and oxygen atoms in total. The van der Waals surface area contributed by atoms with Gasteiger partial charge in [0.25, 0.3) is 5.91 Å². The highest BCUT2D eigenvalue weighted by Gasteiger charge is 2.16. The van der Waals surface area contributed by atoms with Gasteiger partial charge in [0.05, 0.1) is 18.4 Å². The molecule has 2 N–H and O–H groups in total. The summed E-state index contributed by atoms with van der Waals surface area (Å²) in [5, 5.41) is 15.0. The van der Waals surface area contributed by atoms with E-state index in [-0.39, 0.29) is 22.9 Å². The standard InChI is InChI=1S/C22H23N3O3/c1-4-16-9-11-17(12-10-16)15(2)24-14-18(13-23)21(26)25-20-8-6-5-7-19(20)22(27)28-3/h5-12,14-15,24H,4H2,1-3H3,(H,25,26)/b18-14-. The summed E-state index contributed by atoms with van der Waals surface area (Å²) in [6.45, 7) is 4.03. The normalized spacial score (nSPS) is 11.9. The Bertz CT molecular complexity index is 911. The fourth-order valence-electron chi connectivity index (χ4n) is 2.56. The number of aryl methyl sites for hydroxylation is 1. The van der Waals surface area contributed by atoms with E-state index < -0.39 is 11.9 Å². The van der Waals surface area contributed by atoms with E-state index in [1.54, 1.807) is 18.2 Å². The van der Waals surface area contributed by atoms with Crippen LogP contribution in [0.4, 0.5) is 5.69 Å². The van der Waals surface area contributed by atoms with Crippen molar-refractivity contribution in [1.82, 2.24) is 5.32 Å². The van der Waals surface area contributed by atoms with Crippen molar-refractivity contribution in [2.75, 3.05) is 12.4 Å². The molecule has 0 fully saturated rings. The average Bonchev–Trinajstić information content (AvgIpc) is 2.73. The minimum Gasteiger partial charge on any atom is -0.465 e. The molecule has 1 atom stereocenters. The molecule has 0 spiro atoms. The topological polar surface area (TPSA) is 91.2 Å². The van der Waals surface area contributed by atoms with Crippen LogP contribution in [0.15, 0.2) is 60.3 Å². The second-order valence-electron chi connectivity index (χ2n) is 6.14. The average molecular weight is 377 g/mol. The van der Waals surface area contributed by atoms with Crippen molar-refractivity contribution in [2.24, 2.45) is 0 Å². The van der Waals surface area contributed by atoms with Crippen molar-refractivity contribution >= 4 is 17.6 Å². The highest BCUT2D eigenvalue weighted by molar-refractivity contribution is 6.09. The molecule has 0 aliphatic carbocycles. The number of nitrogens with one attached hydrogen (secondary N) is 2. The van der Waals surface area contributed by atoms with E-state index in [1.807, 2.05) is 25.1 Å². The first-order chi connectivity index (χ1) is 13.5. The van der Waals surface area contributed by atoms with Gasteiger partial charge < -0.3 is 15.4 Å². The molecule has 1 unspecified atom stereocenters. The predicted octanol–water partition coefficient (Wildman–Crippen LogP) is 3.73. The number of amides is 1. The third-order valence-corrected chi connectivity index (χ3v) is 4.31. The van der Waals surface area contributed by atoms with Gasteiger partial charge in [-0.1, -0.05) is 43.3 Å². The zero-order valence-corrected chi connectivity index (χ0v) is 16.2. The molecule has 2 aromatic carbocycles. The van der Waals surface area contributed by atoms with E-state index in [2.05, 4.69) is 29.7 Å². The Morgan fingerprint density at radius 1 is 1.18 bits per heavy atom. The number of nitrogens with zero attached hydrogens (tertiary/aromatic N) is 1. The first-order valence-corrected chi connectivity index (χ1v) is 8.94. The SMILES string of the molecule is CCc1ccc(C(C)N/C=C(/C#N)C(=O)Nc2ccccc2C(=O)OC)cc1. The third kappa shape index (κ3) is 5.21. The number of nitriles is 1. The van der Waals surface area contributed by atoms with Crippen molar-refractivity contribution in [3.05, 3.63) is 77.0 Å². The fraction of sp³-hybridized carbons (Fsp3) is 0.227. The van der Waals surface area contributed by atoms with Gasteiger partial charge in [-0.15, -0.1) is 0 Å². The van der Waals surface area contributed by atoms with Crippen LogP contribution in [0.5, 0.6) is 0 Å². The van der Waals surface area contributed by atoms with Crippen LogP contribution in [0.3, 0.4) is 0 Å². The van der Waals surface area contributed by atoms with Crippen LogP contribution < -0.4 is 10.6 Å². The number of rotatable bonds is 7. The maximum absolute atomic E-state index is 12.4. The third-order valence-electron chi connectivity index (χ3n) is 4.31. The van der Waals surface area contributed by atoms with Gasteiger partial charge >= 0.3 is 5.97 Å². The Labute approximate surface area is 164 Å². The molecule has 0 radical (unpaired) electrons. The van der Waals surface area contributed by atoms with Crippen LogP contribution in [0.1, 0.15) is 41.4 Å². The van der Waals surface area contributed by atoms with Crippen molar-refractivity contribution in [1.29, 1.82) is 5.26 Å². The van der Waals surface area contributed by atoms with Crippen molar-refractivity contribution in [3.8, 4) is 6.07 Å². The monoisotopic (exact) mass is 377 g/mol. The molecule has 0 saturated carbocycles. The van der Waals surface area contributed by atoms with Gasteiger partial charge in [-0.3, -0.25) is 4.79 Å². The molecular weight excluding hydrogens is 354 g/mol. The van der Waals surface area contributed by atoms with Gasteiger partial charge in [0.2, 0.25) is 0 Å². The first kappa shape index (κ1) is 20.7. The van der Waals surface area contributed by atoms with Crippen LogP contribution in [0.25, 0.3) is 0 Å². The van der Waals surface area contributed by atoms with Gasteiger partial charge in [0.15, 0.2) is 0 Å². The molecule has 0 aliphatic rings. The van der Waals surface area contributed by atoms with E-state index >= 15 is 0 Å². The Morgan fingerprint density at radius 3 is 2.46 bits per heavy atom. The lowest BCUT2D eigenvalue weighted by molar-refractivity contribution is -0.112. The summed E-state index contributed by atoms with van der Waals surface area (Å²) in [5.41, 5.74) is 2.68. The second-order valence-corrected chi connectivity index (χ2v) is 6.14. The predicted molar refractivity (Wildman–Crippen MR) is 107 cm³/mol. The number of anilines is 1. The summed E-state index contributed by atoms with van der Waals surface area (Å²) in [6.07, 6.45) is 2.35. The molecule has 144 valence electrons. The number of para-hydroxylation sites is 1. The minimum absolute atomic E-state index is 0.0792. The lowest BCUT2D eigenvalue weighted by Gasteiger charge is -2.14. The summed E-state index contributed by atoms with van der Waals surface area (Å²) >= 11 is 0. The second kappa shape index (κ2) is 9.93. The Kier molecular flexibility index (Phi) is 7.35. The smallest absolute Gasteiger partial charge is 0.339 e. The van der Waals surface area contributed by atoms with Crippen LogP contribution in [-0.2, 0) is 16.0 Å². The van der Waals surface area contributed by atoms with Crippen LogP contribution >= 0.6 is 0 Å². The number of methoxy groups -OCH3 is 1. The van der Waals surface area contributed by atoms with E-state index in [4.69, 9.17) is 4.74 Å². The van der Waals surface area contributed by atoms with E-state index in [9.17, 15) is 14.9 Å². The summed E-state index contributed by atoms with van der Waals surface area (Å²) in [5.74, 6) is -1.18. The number of benzene rings is 2. The van der Waals surface area contributed by atoms with Crippen LogP contribution in [-0.4, -0.2) is 19.0 Å². The van der Waals surface area contributed by atoms with Crippen molar-refractivity contribution in [2.45, 2.75) is 26.3 Å². The Balaban J connectivity index is 2.11. The summed E-state index contributed by atoms with van der Waals surface area (Å²) in [6, 6.07) is 16.4. The quantitative estimate of drug-likeness (QED) is 0.436. The van der Waals surface area contributed by atoms with E-state index in [1.165, 1.54) is 24.9 Å². The molecule has 2 aromatic rings. The lowest BCUT2D eigenvalue weighted by Crippen LogP contribution is -2.20. The van der Waals surface area contributed by atoms with Crippen molar-refractivity contribution in [3.63, 3.8) is 0 Å². The molecule has 1 amide bonds. The minimum atomic E-state index is -0.611. The molecular formula is C22H23N3O3. The van der Waals surface area contributed by atoms with Gasteiger partial charge in [-0.2, -0.15) is 5.26 Å². The largest absolute Gasteiger partial charge is 0.465 e. The maximum Gasteiger partial charge on any atom is 0.339 e. The van der Waals surface area contributed by atoms with Gasteiger partial charge in [0.1, 0.15) is 11.6 Å². The van der Waals surface area contributed by atoms with Gasteiger partial charge in [-0.25, -0.2) is 4.79 Å². The number of carbonyl (C=O) groups excluding carboxylic acids is 2. The lowest BCUT2D eigenvalue weighted by atomic mass is 10.1. The molecule has 0 aromatic heterocycles. The highest BCUT2D eigenvalue weighted by Crippen LogP contribution is 2.17. The van der Waals surface area contributed by atoms with Gasteiger partial charge in [-0.05, 0) is 36.6 Å². The summed E-state index contributed by atoms with van der Waals surface area (Å²) < 4.78 is 4.71. The molecule has 28 heavy (non-hydrogen) atoms. The number of hydrogen-bond donors (Lipinski definition) is 2. The zero-order chi connectivity index (χ0) is 20.5. The first-order valence-electron chi connectivity index (χ1n) is 8.94. The fourth-order valence-corrected chi connectivity index (χ4v) is 2.56. The molecule has 2 rings (SSSR count). The molecule has 0 heterocycles.